The number of nitro benzene ring substituents is 2. The number of carbonyl (C=O) groups is 2. The van der Waals surface area contributed by atoms with Crippen molar-refractivity contribution in [1.29, 1.82) is 0 Å². The number of benzene rings is 2. The number of hydrogen-bond donors (Lipinski definition) is 2. The van der Waals surface area contributed by atoms with Crippen molar-refractivity contribution in [2.24, 2.45) is 0 Å². The average molecular weight is 432 g/mol. The van der Waals surface area contributed by atoms with Crippen LogP contribution in [0.5, 0.6) is 11.5 Å². The molecule has 0 aromatic heterocycles. The Bertz CT molecular complexity index is 929. The maximum Gasteiger partial charge on any atom is 0.273 e. The zero-order valence-corrected chi connectivity index (χ0v) is 16.7. The molecule has 2 aromatic rings. The van der Waals surface area contributed by atoms with Crippen molar-refractivity contribution in [2.45, 2.75) is 20.3 Å². The van der Waals surface area contributed by atoms with Gasteiger partial charge in [-0.2, -0.15) is 0 Å². The number of anilines is 2. The third-order valence-electron chi connectivity index (χ3n) is 3.78. The van der Waals surface area contributed by atoms with Gasteiger partial charge in [0.15, 0.2) is 0 Å². The first-order valence-electron chi connectivity index (χ1n) is 9.05. The first kappa shape index (κ1) is 23.1. The Labute approximate surface area is 176 Å². The van der Waals surface area contributed by atoms with Gasteiger partial charge in [-0.1, -0.05) is 0 Å². The van der Waals surface area contributed by atoms with Crippen LogP contribution in [0.4, 0.5) is 22.7 Å². The zero-order valence-electron chi connectivity index (χ0n) is 16.7. The molecule has 0 aliphatic carbocycles. The first-order valence-corrected chi connectivity index (χ1v) is 9.05. The van der Waals surface area contributed by atoms with Crippen molar-refractivity contribution in [3.05, 3.63) is 56.6 Å². The molecule has 2 N–H and O–H groups in total. The van der Waals surface area contributed by atoms with Crippen LogP contribution in [0.1, 0.15) is 20.3 Å². The van der Waals surface area contributed by atoms with Crippen LogP contribution in [-0.2, 0) is 9.59 Å². The van der Waals surface area contributed by atoms with E-state index in [-0.39, 0.29) is 59.3 Å². The number of nitro groups is 2. The van der Waals surface area contributed by atoms with Crippen LogP contribution >= 0.6 is 0 Å². The number of ether oxygens (including phenoxy) is 2. The van der Waals surface area contributed by atoms with Gasteiger partial charge in [-0.15, -0.1) is 0 Å². The smallest absolute Gasteiger partial charge is 0.273 e. The van der Waals surface area contributed by atoms with Gasteiger partial charge in [-0.05, 0) is 12.1 Å². The summed E-state index contributed by atoms with van der Waals surface area (Å²) in [5.74, 6) is -0.478. The molecule has 0 atom stereocenters. The van der Waals surface area contributed by atoms with Crippen LogP contribution in [0.15, 0.2) is 36.4 Å². The molecule has 0 radical (unpaired) electrons. The Balaban J connectivity index is 2.02. The molecule has 0 heterocycles. The minimum Gasteiger partial charge on any atom is -0.491 e. The van der Waals surface area contributed by atoms with Gasteiger partial charge < -0.3 is 20.1 Å². The molecule has 0 aliphatic rings. The van der Waals surface area contributed by atoms with Crippen molar-refractivity contribution >= 4 is 34.6 Å². The van der Waals surface area contributed by atoms with E-state index in [0.717, 1.165) is 0 Å². The fraction of sp³-hybridized carbons (Fsp3) is 0.263. The van der Waals surface area contributed by atoms with Gasteiger partial charge in [0.05, 0.1) is 46.6 Å². The Hall–Kier alpha value is -4.22. The first-order chi connectivity index (χ1) is 14.7. The largest absolute Gasteiger partial charge is 0.491 e. The van der Waals surface area contributed by atoms with E-state index in [4.69, 9.17) is 9.47 Å². The molecule has 0 saturated heterocycles. The zero-order chi connectivity index (χ0) is 23.0. The predicted molar refractivity (Wildman–Crippen MR) is 110 cm³/mol. The lowest BCUT2D eigenvalue weighted by atomic mass is 10.2. The molecule has 12 nitrogen and oxygen atoms in total. The normalized spacial score (nSPS) is 10.1. The van der Waals surface area contributed by atoms with Crippen LogP contribution in [-0.4, -0.2) is 34.9 Å². The van der Waals surface area contributed by atoms with Gasteiger partial charge in [0.1, 0.15) is 11.5 Å². The highest BCUT2D eigenvalue weighted by Crippen LogP contribution is 2.31. The highest BCUT2D eigenvalue weighted by molar-refractivity contribution is 5.91. The summed E-state index contributed by atoms with van der Waals surface area (Å²) in [6.45, 7) is 2.76. The van der Waals surface area contributed by atoms with Crippen LogP contribution in [0.25, 0.3) is 0 Å². The summed E-state index contributed by atoms with van der Waals surface area (Å²) in [5.41, 5.74) is 0.171. The highest BCUT2D eigenvalue weighted by Gasteiger charge is 2.14. The molecule has 2 rings (SSSR count). The Morgan fingerprint density at radius 1 is 0.806 bits per heavy atom. The van der Waals surface area contributed by atoms with Gasteiger partial charge in [0.2, 0.25) is 11.8 Å². The molecule has 2 amide bonds. The second kappa shape index (κ2) is 10.5. The number of nitrogens with zero attached hydrogens (tertiary/aromatic N) is 2. The van der Waals surface area contributed by atoms with Gasteiger partial charge in [-0.25, -0.2) is 0 Å². The molecule has 0 bridgehead atoms. The van der Waals surface area contributed by atoms with E-state index < -0.39 is 9.85 Å². The Morgan fingerprint density at radius 3 is 1.52 bits per heavy atom. The summed E-state index contributed by atoms with van der Waals surface area (Å²) in [7, 11) is 0. The molecule has 0 fully saturated rings. The molecule has 0 aliphatic heterocycles. The Morgan fingerprint density at radius 2 is 1.19 bits per heavy atom. The predicted octanol–water partition coefficient (Wildman–Crippen LogP) is 3.27. The standard InChI is InChI=1S/C19H20N4O8/c1-12(24)20-16-6-4-14(22(26)27)10-18(16)30-8-3-9-31-19-11-15(23(28)29)5-7-17(19)21-13(2)25/h4-7,10-11H,3,8-9H2,1-2H3,(H,20,24)(H,21,25). The number of nitrogens with one attached hydrogen (secondary N) is 2. The van der Waals surface area contributed by atoms with E-state index in [0.29, 0.717) is 6.42 Å². The van der Waals surface area contributed by atoms with Crippen molar-refractivity contribution in [2.75, 3.05) is 23.8 Å². The topological polar surface area (TPSA) is 163 Å². The third-order valence-corrected chi connectivity index (χ3v) is 3.78. The van der Waals surface area contributed by atoms with Crippen molar-refractivity contribution < 1.29 is 28.9 Å². The maximum atomic E-state index is 11.3. The van der Waals surface area contributed by atoms with Crippen LogP contribution in [0.2, 0.25) is 0 Å². The minimum atomic E-state index is -0.584. The van der Waals surface area contributed by atoms with Gasteiger partial charge in [-0.3, -0.25) is 29.8 Å². The average Bonchev–Trinajstić information content (AvgIpc) is 2.68. The monoisotopic (exact) mass is 432 g/mol. The number of amides is 2. The quantitative estimate of drug-likeness (QED) is 0.328. The van der Waals surface area contributed by atoms with Crippen molar-refractivity contribution in [1.82, 2.24) is 0 Å². The van der Waals surface area contributed by atoms with Crippen molar-refractivity contribution in [3.63, 3.8) is 0 Å². The molecule has 164 valence electrons. The highest BCUT2D eigenvalue weighted by atomic mass is 16.6. The molecule has 0 spiro atoms. The summed E-state index contributed by atoms with van der Waals surface area (Å²) >= 11 is 0. The number of non-ortho nitro benzene ring substituents is 2. The SMILES string of the molecule is CC(=O)Nc1ccc([N+](=O)[O-])cc1OCCCOc1cc([N+](=O)[O-])ccc1NC(C)=O. The molecule has 0 unspecified atom stereocenters. The van der Waals surface area contributed by atoms with E-state index in [9.17, 15) is 29.8 Å². The molecular formula is C19H20N4O8. The van der Waals surface area contributed by atoms with E-state index in [1.807, 2.05) is 0 Å². The molecule has 31 heavy (non-hydrogen) atoms. The number of hydrogen-bond acceptors (Lipinski definition) is 8. The molecule has 0 saturated carbocycles. The summed E-state index contributed by atoms with van der Waals surface area (Å²) < 4.78 is 11.1. The summed E-state index contributed by atoms with van der Waals surface area (Å²) in [5, 5.41) is 27.0. The van der Waals surface area contributed by atoms with E-state index in [1.54, 1.807) is 0 Å². The van der Waals surface area contributed by atoms with Crippen molar-refractivity contribution in [3.8, 4) is 11.5 Å². The van der Waals surface area contributed by atoms with E-state index >= 15 is 0 Å². The maximum absolute atomic E-state index is 11.3. The summed E-state index contributed by atoms with van der Waals surface area (Å²) in [4.78, 5) is 43.4. The second-order valence-corrected chi connectivity index (χ2v) is 6.29. The molecule has 2 aromatic carbocycles. The van der Waals surface area contributed by atoms with E-state index in [1.165, 1.54) is 50.2 Å². The third kappa shape index (κ3) is 6.96. The minimum absolute atomic E-state index is 0.0815. The lowest BCUT2D eigenvalue weighted by Crippen LogP contribution is -2.11. The van der Waals surface area contributed by atoms with Gasteiger partial charge >= 0.3 is 0 Å². The number of carbonyl (C=O) groups excluding carboxylic acids is 2. The van der Waals surface area contributed by atoms with Crippen LogP contribution in [0.3, 0.4) is 0 Å². The van der Waals surface area contributed by atoms with Crippen LogP contribution < -0.4 is 20.1 Å². The van der Waals surface area contributed by atoms with Gasteiger partial charge in [0.25, 0.3) is 11.4 Å². The van der Waals surface area contributed by atoms with Gasteiger partial charge in [0, 0.05) is 32.4 Å². The fourth-order valence-corrected chi connectivity index (χ4v) is 2.50. The summed E-state index contributed by atoms with van der Waals surface area (Å²) in [6, 6.07) is 7.62. The summed E-state index contributed by atoms with van der Waals surface area (Å²) in [6.07, 6.45) is 0.310. The van der Waals surface area contributed by atoms with E-state index in [2.05, 4.69) is 10.6 Å². The Kier molecular flexibility index (Phi) is 7.83. The second-order valence-electron chi connectivity index (χ2n) is 6.29. The van der Waals surface area contributed by atoms with Crippen LogP contribution in [0, 0.1) is 20.2 Å². The lowest BCUT2D eigenvalue weighted by molar-refractivity contribution is -0.385. The lowest BCUT2D eigenvalue weighted by Gasteiger charge is -2.13. The number of rotatable bonds is 10. The fourth-order valence-electron chi connectivity index (χ4n) is 2.50. The molecule has 12 heteroatoms. The molecular weight excluding hydrogens is 412 g/mol.